The van der Waals surface area contributed by atoms with E-state index in [2.05, 4.69) is 4.98 Å². The molecular weight excluding hydrogens is 362 g/mol. The number of amides is 1. The number of anilines is 1. The van der Waals surface area contributed by atoms with Gasteiger partial charge in [-0.05, 0) is 48.2 Å². The summed E-state index contributed by atoms with van der Waals surface area (Å²) in [7, 11) is -1.72. The molecule has 0 saturated carbocycles. The van der Waals surface area contributed by atoms with Crippen LogP contribution in [0.2, 0.25) is 0 Å². The molecule has 27 heavy (non-hydrogen) atoms. The van der Waals surface area contributed by atoms with Crippen LogP contribution in [0.15, 0.2) is 48.8 Å². The predicted octanol–water partition coefficient (Wildman–Crippen LogP) is 2.50. The average Bonchev–Trinajstić information content (AvgIpc) is 2.66. The molecular formula is C20H27N3O3S. The molecule has 0 aliphatic carbocycles. The Morgan fingerprint density at radius 1 is 1.00 bits per heavy atom. The monoisotopic (exact) mass is 389 g/mol. The third-order valence-electron chi connectivity index (χ3n) is 4.47. The summed E-state index contributed by atoms with van der Waals surface area (Å²) in [4.78, 5) is 18.0. The molecule has 0 aliphatic heterocycles. The number of nitrogens with zero attached hydrogens (tertiary/aromatic N) is 3. The normalized spacial score (nSPS) is 11.2. The standard InChI is InChI=1S/C20H27N3O3S/c1-4-17-5-7-19(8-6-17)23(27(3,25)26)16-12-20(24)22(2)15-11-18-9-13-21-14-10-18/h5-10,13-14H,4,11-12,15-16H2,1-3H3. The van der Waals surface area contributed by atoms with Crippen LogP contribution in [0.25, 0.3) is 0 Å². The van der Waals surface area contributed by atoms with Crippen molar-refractivity contribution in [3.05, 3.63) is 59.9 Å². The van der Waals surface area contributed by atoms with Crippen molar-refractivity contribution in [1.82, 2.24) is 9.88 Å². The Labute approximate surface area is 161 Å². The molecule has 0 aliphatic rings. The fourth-order valence-electron chi connectivity index (χ4n) is 2.74. The summed E-state index contributed by atoms with van der Waals surface area (Å²) in [6.45, 7) is 2.75. The minimum Gasteiger partial charge on any atom is -0.345 e. The first-order valence-electron chi connectivity index (χ1n) is 9.00. The van der Waals surface area contributed by atoms with Crippen molar-refractivity contribution in [2.24, 2.45) is 0 Å². The first-order chi connectivity index (χ1) is 12.8. The van der Waals surface area contributed by atoms with Gasteiger partial charge in [-0.2, -0.15) is 0 Å². The first kappa shape index (κ1) is 20.9. The number of hydrogen-bond donors (Lipinski definition) is 0. The highest BCUT2D eigenvalue weighted by Gasteiger charge is 2.19. The second kappa shape index (κ2) is 9.50. The third kappa shape index (κ3) is 6.36. The van der Waals surface area contributed by atoms with Crippen LogP contribution in [-0.2, 0) is 27.7 Å². The second-order valence-electron chi connectivity index (χ2n) is 6.53. The number of carbonyl (C=O) groups is 1. The van der Waals surface area contributed by atoms with Crippen LogP contribution < -0.4 is 4.31 Å². The molecule has 0 radical (unpaired) electrons. The zero-order chi connectivity index (χ0) is 19.9. The van der Waals surface area contributed by atoms with Gasteiger partial charge in [0.05, 0.1) is 11.9 Å². The van der Waals surface area contributed by atoms with Crippen molar-refractivity contribution in [3.63, 3.8) is 0 Å². The fourth-order valence-corrected chi connectivity index (χ4v) is 3.67. The molecule has 0 unspecified atom stereocenters. The number of hydrogen-bond acceptors (Lipinski definition) is 4. The van der Waals surface area contributed by atoms with Crippen LogP contribution in [0.5, 0.6) is 0 Å². The van der Waals surface area contributed by atoms with Crippen molar-refractivity contribution in [3.8, 4) is 0 Å². The van der Waals surface area contributed by atoms with Crippen LogP contribution in [0.4, 0.5) is 5.69 Å². The Morgan fingerprint density at radius 2 is 1.63 bits per heavy atom. The second-order valence-corrected chi connectivity index (χ2v) is 8.43. The van der Waals surface area contributed by atoms with Gasteiger partial charge in [-0.3, -0.25) is 14.1 Å². The summed E-state index contributed by atoms with van der Waals surface area (Å²) in [5.41, 5.74) is 2.83. The van der Waals surface area contributed by atoms with Gasteiger partial charge in [-0.1, -0.05) is 19.1 Å². The van der Waals surface area contributed by atoms with Crippen LogP contribution in [0.3, 0.4) is 0 Å². The molecule has 1 aromatic carbocycles. The number of sulfonamides is 1. The van der Waals surface area contributed by atoms with E-state index in [1.165, 1.54) is 10.6 Å². The van der Waals surface area contributed by atoms with Crippen LogP contribution in [0, 0.1) is 0 Å². The Kier molecular flexibility index (Phi) is 7.36. The minimum absolute atomic E-state index is 0.0807. The van der Waals surface area contributed by atoms with Gasteiger partial charge in [-0.15, -0.1) is 0 Å². The number of pyridine rings is 1. The highest BCUT2D eigenvalue weighted by atomic mass is 32.2. The van der Waals surface area contributed by atoms with E-state index in [-0.39, 0.29) is 18.9 Å². The zero-order valence-corrected chi connectivity index (χ0v) is 16.9. The molecule has 1 heterocycles. The number of carbonyl (C=O) groups excluding carboxylic acids is 1. The summed E-state index contributed by atoms with van der Waals surface area (Å²) < 4.78 is 25.6. The molecule has 0 bridgehead atoms. The fraction of sp³-hybridized carbons (Fsp3) is 0.400. The van der Waals surface area contributed by atoms with Gasteiger partial charge in [0.25, 0.3) is 0 Å². The largest absolute Gasteiger partial charge is 0.345 e. The highest BCUT2D eigenvalue weighted by molar-refractivity contribution is 7.92. The Bertz CT molecular complexity index is 837. The SMILES string of the molecule is CCc1ccc(N(CCC(=O)N(C)CCc2ccncc2)S(C)(=O)=O)cc1. The van der Waals surface area contributed by atoms with Crippen molar-refractivity contribution < 1.29 is 13.2 Å². The third-order valence-corrected chi connectivity index (χ3v) is 5.67. The molecule has 1 amide bonds. The summed E-state index contributed by atoms with van der Waals surface area (Å²) in [5, 5.41) is 0. The molecule has 2 aromatic rings. The molecule has 0 N–H and O–H groups in total. The zero-order valence-electron chi connectivity index (χ0n) is 16.1. The maximum absolute atomic E-state index is 12.4. The molecule has 0 saturated heterocycles. The van der Waals surface area contributed by atoms with Crippen molar-refractivity contribution in [1.29, 1.82) is 0 Å². The minimum atomic E-state index is -3.46. The molecule has 0 atom stereocenters. The maximum Gasteiger partial charge on any atom is 0.232 e. The number of benzene rings is 1. The molecule has 0 spiro atoms. The molecule has 0 fully saturated rings. The lowest BCUT2D eigenvalue weighted by Gasteiger charge is -2.24. The van der Waals surface area contributed by atoms with Gasteiger partial charge in [-0.25, -0.2) is 8.42 Å². The lowest BCUT2D eigenvalue weighted by Crippen LogP contribution is -2.36. The molecule has 7 heteroatoms. The molecule has 146 valence electrons. The Balaban J connectivity index is 1.96. The number of aryl methyl sites for hydroxylation is 1. The summed E-state index contributed by atoms with van der Waals surface area (Å²) >= 11 is 0. The molecule has 2 rings (SSSR count). The van der Waals surface area contributed by atoms with Crippen LogP contribution in [-0.4, -0.2) is 50.6 Å². The van der Waals surface area contributed by atoms with E-state index in [0.717, 1.165) is 24.0 Å². The molecule has 6 nitrogen and oxygen atoms in total. The van der Waals surface area contributed by atoms with Gasteiger partial charge < -0.3 is 4.90 Å². The van der Waals surface area contributed by atoms with Crippen molar-refractivity contribution in [2.45, 2.75) is 26.2 Å². The Morgan fingerprint density at radius 3 is 2.19 bits per heavy atom. The van der Waals surface area contributed by atoms with Gasteiger partial charge in [0.15, 0.2) is 0 Å². The maximum atomic E-state index is 12.4. The number of aromatic nitrogens is 1. The lowest BCUT2D eigenvalue weighted by atomic mass is 10.1. The topological polar surface area (TPSA) is 70.6 Å². The smallest absolute Gasteiger partial charge is 0.232 e. The molecule has 1 aromatic heterocycles. The average molecular weight is 390 g/mol. The van der Waals surface area contributed by atoms with E-state index in [4.69, 9.17) is 0 Å². The van der Waals surface area contributed by atoms with E-state index >= 15 is 0 Å². The van der Waals surface area contributed by atoms with Gasteiger partial charge >= 0.3 is 0 Å². The van der Waals surface area contributed by atoms with Crippen molar-refractivity contribution in [2.75, 3.05) is 30.7 Å². The highest BCUT2D eigenvalue weighted by Crippen LogP contribution is 2.19. The number of likely N-dealkylation sites (N-methyl/N-ethyl adjacent to an activating group) is 1. The van der Waals surface area contributed by atoms with Gasteiger partial charge in [0, 0.05) is 39.0 Å². The summed E-state index contributed by atoms with van der Waals surface area (Å²) in [6, 6.07) is 11.2. The van der Waals surface area contributed by atoms with E-state index in [0.29, 0.717) is 12.2 Å². The lowest BCUT2D eigenvalue weighted by molar-refractivity contribution is -0.129. The van der Waals surface area contributed by atoms with E-state index in [1.807, 2.05) is 31.2 Å². The van der Waals surface area contributed by atoms with E-state index in [9.17, 15) is 13.2 Å². The van der Waals surface area contributed by atoms with E-state index in [1.54, 1.807) is 36.5 Å². The summed E-state index contributed by atoms with van der Waals surface area (Å²) in [5.74, 6) is -0.0807. The predicted molar refractivity (Wildman–Crippen MR) is 108 cm³/mol. The number of rotatable bonds is 9. The van der Waals surface area contributed by atoms with Crippen molar-refractivity contribution >= 4 is 21.6 Å². The van der Waals surface area contributed by atoms with E-state index < -0.39 is 10.0 Å². The van der Waals surface area contributed by atoms with Crippen LogP contribution in [0.1, 0.15) is 24.5 Å². The Hall–Kier alpha value is -2.41. The van der Waals surface area contributed by atoms with Gasteiger partial charge in [0.1, 0.15) is 0 Å². The first-order valence-corrected chi connectivity index (χ1v) is 10.9. The summed E-state index contributed by atoms with van der Waals surface area (Å²) in [6.07, 6.45) is 6.38. The van der Waals surface area contributed by atoms with Gasteiger partial charge in [0.2, 0.25) is 15.9 Å². The van der Waals surface area contributed by atoms with Crippen LogP contribution >= 0.6 is 0 Å². The quantitative estimate of drug-likeness (QED) is 0.661.